The predicted octanol–water partition coefficient (Wildman–Crippen LogP) is 5.54. The Labute approximate surface area is 222 Å². The molecule has 38 heavy (non-hydrogen) atoms. The summed E-state index contributed by atoms with van der Waals surface area (Å²) in [6.07, 6.45) is 2.33. The van der Waals surface area contributed by atoms with Crippen molar-refractivity contribution in [2.45, 2.75) is 44.7 Å². The molecular formula is C31H31N3O4. The molecule has 1 heterocycles. The van der Waals surface area contributed by atoms with Crippen LogP contribution in [0.15, 0.2) is 89.9 Å². The molecule has 3 atom stereocenters. The summed E-state index contributed by atoms with van der Waals surface area (Å²) in [6.45, 7) is 7.55. The number of amides is 2. The van der Waals surface area contributed by atoms with Gasteiger partial charge in [-0.05, 0) is 54.2 Å². The van der Waals surface area contributed by atoms with Crippen molar-refractivity contribution in [3.8, 4) is 0 Å². The Balaban J connectivity index is 1.55. The molecule has 0 aliphatic rings. The maximum atomic E-state index is 13.5. The topological polar surface area (TPSA) is 101 Å². The molecule has 0 unspecified atom stereocenters. The van der Waals surface area contributed by atoms with E-state index < -0.39 is 23.8 Å². The summed E-state index contributed by atoms with van der Waals surface area (Å²) in [5, 5.41) is 5.71. The number of para-hydroxylation sites is 2. The fourth-order valence-corrected chi connectivity index (χ4v) is 4.30. The summed E-state index contributed by atoms with van der Waals surface area (Å²) in [6, 6.07) is 22.1. The van der Waals surface area contributed by atoms with Crippen LogP contribution in [-0.4, -0.2) is 34.7 Å². The lowest BCUT2D eigenvalue weighted by Gasteiger charge is -2.24. The van der Waals surface area contributed by atoms with Crippen LogP contribution in [0.1, 0.15) is 64.8 Å². The van der Waals surface area contributed by atoms with Gasteiger partial charge in [0.15, 0.2) is 5.58 Å². The molecule has 4 rings (SSSR count). The number of carbonyl (C=O) groups is 3. The fourth-order valence-electron chi connectivity index (χ4n) is 4.30. The molecule has 0 saturated heterocycles. The van der Waals surface area contributed by atoms with Gasteiger partial charge in [0.25, 0.3) is 11.8 Å². The molecule has 0 bridgehead atoms. The van der Waals surface area contributed by atoms with Crippen molar-refractivity contribution in [2.75, 3.05) is 0 Å². The van der Waals surface area contributed by atoms with Gasteiger partial charge in [-0.3, -0.25) is 14.4 Å². The zero-order valence-electron chi connectivity index (χ0n) is 21.5. The van der Waals surface area contributed by atoms with Gasteiger partial charge in [0, 0.05) is 5.56 Å². The van der Waals surface area contributed by atoms with Crippen molar-refractivity contribution >= 4 is 34.8 Å². The van der Waals surface area contributed by atoms with Gasteiger partial charge in [-0.2, -0.15) is 0 Å². The minimum Gasteiger partial charge on any atom is -0.434 e. The van der Waals surface area contributed by atoms with E-state index in [0.717, 1.165) is 11.1 Å². The highest BCUT2D eigenvalue weighted by Crippen LogP contribution is 2.22. The zero-order chi connectivity index (χ0) is 27.1. The molecule has 2 N–H and O–H groups in total. The SMILES string of the molecule is C=Cc1cccc(C(=O)N[C@@H](C[C@H](C)c2ccccc2)C(=O)N[C@@H](CC)C(=O)c2nc3ccccc3o2)c1. The fraction of sp³-hybridized carbons (Fsp3) is 0.226. The van der Waals surface area contributed by atoms with Crippen LogP contribution in [0.2, 0.25) is 0 Å². The number of Topliss-reactive ketones (excluding diaryl/α,β-unsaturated/α-hetero) is 1. The van der Waals surface area contributed by atoms with E-state index in [-0.39, 0.29) is 17.7 Å². The molecule has 0 aliphatic heterocycles. The van der Waals surface area contributed by atoms with E-state index in [2.05, 4.69) is 22.2 Å². The molecule has 0 aliphatic carbocycles. The first kappa shape index (κ1) is 26.5. The van der Waals surface area contributed by atoms with Crippen LogP contribution in [0.4, 0.5) is 0 Å². The van der Waals surface area contributed by atoms with Crippen LogP contribution in [0.5, 0.6) is 0 Å². The van der Waals surface area contributed by atoms with Crippen molar-refractivity contribution in [1.29, 1.82) is 0 Å². The normalized spacial score (nSPS) is 13.3. The first-order valence-corrected chi connectivity index (χ1v) is 12.7. The number of oxazole rings is 1. The number of hydrogen-bond acceptors (Lipinski definition) is 5. The van der Waals surface area contributed by atoms with Gasteiger partial charge in [-0.1, -0.05) is 81.1 Å². The molecule has 194 valence electrons. The van der Waals surface area contributed by atoms with Crippen LogP contribution in [0.3, 0.4) is 0 Å². The summed E-state index contributed by atoms with van der Waals surface area (Å²) >= 11 is 0. The average molecular weight is 510 g/mol. The molecule has 7 heteroatoms. The molecule has 0 radical (unpaired) electrons. The maximum absolute atomic E-state index is 13.5. The quantitative estimate of drug-likeness (QED) is 0.259. The zero-order valence-corrected chi connectivity index (χ0v) is 21.5. The minimum atomic E-state index is -0.879. The Morgan fingerprint density at radius 1 is 0.947 bits per heavy atom. The monoisotopic (exact) mass is 509 g/mol. The number of nitrogens with one attached hydrogen (secondary N) is 2. The second-order valence-corrected chi connectivity index (χ2v) is 9.22. The highest BCUT2D eigenvalue weighted by atomic mass is 16.4. The minimum absolute atomic E-state index is 0.0282. The number of fused-ring (bicyclic) bond motifs is 1. The largest absolute Gasteiger partial charge is 0.434 e. The third-order valence-electron chi connectivity index (χ3n) is 6.51. The number of rotatable bonds is 11. The summed E-state index contributed by atoms with van der Waals surface area (Å²) in [5.74, 6) is -1.33. The average Bonchev–Trinajstić information content (AvgIpc) is 3.40. The van der Waals surface area contributed by atoms with Crippen molar-refractivity contribution in [2.24, 2.45) is 0 Å². The Morgan fingerprint density at radius 3 is 2.39 bits per heavy atom. The predicted molar refractivity (Wildman–Crippen MR) is 148 cm³/mol. The number of aromatic nitrogens is 1. The van der Waals surface area contributed by atoms with Gasteiger partial charge in [0.1, 0.15) is 11.6 Å². The second-order valence-electron chi connectivity index (χ2n) is 9.22. The van der Waals surface area contributed by atoms with Gasteiger partial charge in [-0.15, -0.1) is 0 Å². The van der Waals surface area contributed by atoms with Crippen LogP contribution >= 0.6 is 0 Å². The van der Waals surface area contributed by atoms with Gasteiger partial charge in [-0.25, -0.2) is 4.98 Å². The van der Waals surface area contributed by atoms with Gasteiger partial charge in [0.05, 0.1) is 6.04 Å². The highest BCUT2D eigenvalue weighted by Gasteiger charge is 2.30. The summed E-state index contributed by atoms with van der Waals surface area (Å²) in [4.78, 5) is 44.1. The Bertz CT molecular complexity index is 1410. The van der Waals surface area contributed by atoms with E-state index in [1.165, 1.54) is 0 Å². The van der Waals surface area contributed by atoms with Gasteiger partial charge in [0.2, 0.25) is 11.7 Å². The van der Waals surface area contributed by atoms with Crippen molar-refractivity contribution in [1.82, 2.24) is 15.6 Å². The van der Waals surface area contributed by atoms with Crippen LogP contribution in [-0.2, 0) is 4.79 Å². The number of benzene rings is 3. The van der Waals surface area contributed by atoms with Crippen LogP contribution in [0, 0.1) is 0 Å². The van der Waals surface area contributed by atoms with Gasteiger partial charge >= 0.3 is 0 Å². The van der Waals surface area contributed by atoms with E-state index in [1.807, 2.05) is 49.4 Å². The molecule has 0 spiro atoms. The van der Waals surface area contributed by atoms with Crippen LogP contribution in [0.25, 0.3) is 17.2 Å². The molecule has 4 aromatic rings. The van der Waals surface area contributed by atoms with Crippen molar-refractivity contribution in [3.05, 3.63) is 108 Å². The van der Waals surface area contributed by atoms with E-state index in [1.54, 1.807) is 49.4 Å². The summed E-state index contributed by atoms with van der Waals surface area (Å²) < 4.78 is 5.63. The molecular weight excluding hydrogens is 478 g/mol. The Kier molecular flexibility index (Phi) is 8.48. The molecule has 0 fully saturated rings. The standard InChI is InChI=1S/C31H31N3O4/c1-4-21-12-11-15-23(19-21)29(36)33-26(18-20(3)22-13-7-6-8-14-22)30(37)32-24(5-2)28(35)31-34-25-16-9-10-17-27(25)38-31/h4,6-17,19-20,24,26H,1,5,18H2,2-3H3,(H,32,37)(H,33,36)/t20-,24-,26-/m0/s1. The highest BCUT2D eigenvalue weighted by molar-refractivity contribution is 6.02. The molecule has 0 saturated carbocycles. The molecule has 7 nitrogen and oxygen atoms in total. The summed E-state index contributed by atoms with van der Waals surface area (Å²) in [7, 11) is 0. The number of ketones is 1. The Morgan fingerprint density at radius 2 is 1.68 bits per heavy atom. The smallest absolute Gasteiger partial charge is 0.266 e. The first-order chi connectivity index (χ1) is 18.4. The van der Waals surface area contributed by atoms with Crippen molar-refractivity contribution < 1.29 is 18.8 Å². The lowest BCUT2D eigenvalue weighted by Crippen LogP contribution is -2.52. The molecule has 1 aromatic heterocycles. The number of nitrogens with zero attached hydrogens (tertiary/aromatic N) is 1. The van der Waals surface area contributed by atoms with E-state index >= 15 is 0 Å². The lowest BCUT2D eigenvalue weighted by molar-refractivity contribution is -0.123. The number of hydrogen-bond donors (Lipinski definition) is 2. The lowest BCUT2D eigenvalue weighted by atomic mass is 9.93. The van der Waals surface area contributed by atoms with Gasteiger partial charge < -0.3 is 15.1 Å². The van der Waals surface area contributed by atoms with E-state index in [9.17, 15) is 14.4 Å². The first-order valence-electron chi connectivity index (χ1n) is 12.7. The third kappa shape index (κ3) is 6.24. The number of carbonyl (C=O) groups excluding carboxylic acids is 3. The van der Waals surface area contributed by atoms with E-state index in [4.69, 9.17) is 4.42 Å². The third-order valence-corrected chi connectivity index (χ3v) is 6.51. The van der Waals surface area contributed by atoms with E-state index in [0.29, 0.717) is 29.5 Å². The van der Waals surface area contributed by atoms with Crippen LogP contribution < -0.4 is 10.6 Å². The van der Waals surface area contributed by atoms with Crippen molar-refractivity contribution in [3.63, 3.8) is 0 Å². The Hall–Kier alpha value is -4.52. The maximum Gasteiger partial charge on any atom is 0.266 e. The molecule has 3 aromatic carbocycles. The second kappa shape index (κ2) is 12.1. The molecule has 2 amide bonds. The summed E-state index contributed by atoms with van der Waals surface area (Å²) in [5.41, 5.74) is 3.33.